The first-order chi connectivity index (χ1) is 19.5. The van der Waals surface area contributed by atoms with E-state index in [0.717, 1.165) is 51.4 Å². The van der Waals surface area contributed by atoms with Crippen LogP contribution < -0.4 is 22.1 Å². The maximum absolute atomic E-state index is 13.1. The van der Waals surface area contributed by atoms with Crippen molar-refractivity contribution < 1.29 is 14.7 Å². The number of anilines is 1. The van der Waals surface area contributed by atoms with Crippen molar-refractivity contribution >= 4 is 29.4 Å². The Balaban J connectivity index is 1.34. The Hall–Kier alpha value is -3.77. The molecule has 1 saturated carbocycles. The normalized spacial score (nSPS) is 16.4. The Labute approximate surface area is 234 Å². The van der Waals surface area contributed by atoms with Crippen LogP contribution in [0.25, 0.3) is 5.57 Å². The highest BCUT2D eigenvalue weighted by atomic mass is 16.3. The number of allylic oxidation sites excluding steroid dienone is 1. The molecule has 40 heavy (non-hydrogen) atoms. The Morgan fingerprint density at radius 2 is 1.85 bits per heavy atom. The average molecular weight is 552 g/mol. The van der Waals surface area contributed by atoms with Crippen LogP contribution >= 0.6 is 0 Å². The SMILES string of the molecule is NC=C(C=NCCCCCCN)c1cccc(C(=O)Nc2cn(C3CCN(C(=O)NC4CC4)CC3)nc2CO)n1. The molecule has 2 aromatic rings. The highest BCUT2D eigenvalue weighted by Crippen LogP contribution is 2.26. The number of unbranched alkanes of at least 4 members (excludes halogenated alkanes) is 3. The molecule has 2 aliphatic rings. The number of pyridine rings is 1. The molecule has 3 heterocycles. The minimum atomic E-state index is -0.420. The summed E-state index contributed by atoms with van der Waals surface area (Å²) >= 11 is 0. The van der Waals surface area contributed by atoms with Gasteiger partial charge in [0.1, 0.15) is 11.4 Å². The second-order valence-electron chi connectivity index (χ2n) is 10.3. The van der Waals surface area contributed by atoms with Gasteiger partial charge in [0.2, 0.25) is 0 Å². The van der Waals surface area contributed by atoms with Crippen LogP contribution in [0.1, 0.15) is 79.3 Å². The molecule has 4 rings (SSSR count). The summed E-state index contributed by atoms with van der Waals surface area (Å²) in [6.07, 6.45) is 12.6. The molecule has 0 atom stereocenters. The van der Waals surface area contributed by atoms with Gasteiger partial charge in [-0.3, -0.25) is 14.5 Å². The predicted octanol–water partition coefficient (Wildman–Crippen LogP) is 2.42. The molecule has 1 aliphatic heterocycles. The highest BCUT2D eigenvalue weighted by molar-refractivity contribution is 6.09. The third kappa shape index (κ3) is 8.12. The lowest BCUT2D eigenvalue weighted by Crippen LogP contribution is -2.45. The molecule has 12 nitrogen and oxygen atoms in total. The van der Waals surface area contributed by atoms with Gasteiger partial charge in [-0.15, -0.1) is 0 Å². The molecule has 0 bridgehead atoms. The molecule has 0 spiro atoms. The topological polar surface area (TPSA) is 177 Å². The fourth-order valence-corrected chi connectivity index (χ4v) is 4.63. The zero-order chi connectivity index (χ0) is 28.3. The predicted molar refractivity (Wildman–Crippen MR) is 155 cm³/mol. The number of aliphatic hydroxyl groups excluding tert-OH is 1. The van der Waals surface area contributed by atoms with E-state index in [0.29, 0.717) is 54.9 Å². The second kappa shape index (κ2) is 14.6. The summed E-state index contributed by atoms with van der Waals surface area (Å²) < 4.78 is 1.78. The molecule has 1 saturated heterocycles. The summed E-state index contributed by atoms with van der Waals surface area (Å²) in [6, 6.07) is 5.53. The molecular formula is C28H41N9O3. The fourth-order valence-electron chi connectivity index (χ4n) is 4.63. The number of carbonyl (C=O) groups excluding carboxylic acids is 2. The number of hydrogen-bond donors (Lipinski definition) is 5. The van der Waals surface area contributed by atoms with Crippen LogP contribution in [0.3, 0.4) is 0 Å². The number of rotatable bonds is 13. The number of carbonyl (C=O) groups is 2. The number of nitrogens with zero attached hydrogens (tertiary/aromatic N) is 5. The van der Waals surface area contributed by atoms with Crippen molar-refractivity contribution in [2.75, 3.05) is 31.5 Å². The maximum atomic E-state index is 13.1. The number of amides is 3. The van der Waals surface area contributed by atoms with E-state index in [2.05, 4.69) is 25.7 Å². The number of nitrogens with one attached hydrogen (secondary N) is 2. The third-order valence-electron chi connectivity index (χ3n) is 7.17. The quantitative estimate of drug-likeness (QED) is 0.187. The first kappa shape index (κ1) is 29.2. The lowest BCUT2D eigenvalue weighted by Gasteiger charge is -2.32. The first-order valence-corrected chi connectivity index (χ1v) is 14.2. The van der Waals surface area contributed by atoms with Gasteiger partial charge < -0.3 is 32.1 Å². The average Bonchev–Trinajstić information content (AvgIpc) is 3.71. The number of hydrogen-bond acceptors (Lipinski definition) is 8. The van der Waals surface area contributed by atoms with Crippen LogP contribution in [0.4, 0.5) is 10.5 Å². The minimum Gasteiger partial charge on any atom is -0.404 e. The van der Waals surface area contributed by atoms with Gasteiger partial charge in [-0.25, -0.2) is 9.78 Å². The van der Waals surface area contributed by atoms with Crippen molar-refractivity contribution in [1.82, 2.24) is 25.0 Å². The monoisotopic (exact) mass is 551 g/mol. The van der Waals surface area contributed by atoms with Gasteiger partial charge >= 0.3 is 6.03 Å². The summed E-state index contributed by atoms with van der Waals surface area (Å²) in [5, 5.41) is 20.3. The van der Waals surface area contributed by atoms with E-state index in [-0.39, 0.29) is 24.4 Å². The molecule has 2 fully saturated rings. The number of aliphatic hydroxyl groups is 1. The standard InChI is InChI=1S/C28H41N9O3/c29-12-3-1-2-4-13-31-17-20(16-30)23-6-5-7-24(33-23)27(39)34-25-18-37(35-26(25)19-38)22-10-14-36(15-11-22)28(40)32-21-8-9-21/h5-7,16-18,21-22,38H,1-4,8-15,19,29-30H2,(H,32,40)(H,34,39). The Bertz CT molecular complexity index is 1200. The fraction of sp³-hybridized carbons (Fsp3) is 0.536. The van der Waals surface area contributed by atoms with Gasteiger partial charge in [0.05, 0.1) is 24.0 Å². The number of piperidine rings is 1. The van der Waals surface area contributed by atoms with Gasteiger partial charge in [0, 0.05) is 49.9 Å². The van der Waals surface area contributed by atoms with Gasteiger partial charge in [-0.1, -0.05) is 18.9 Å². The zero-order valence-electron chi connectivity index (χ0n) is 23.0. The summed E-state index contributed by atoms with van der Waals surface area (Å²) in [6.45, 7) is 2.34. The molecule has 2 aromatic heterocycles. The van der Waals surface area contributed by atoms with E-state index >= 15 is 0 Å². The lowest BCUT2D eigenvalue weighted by atomic mass is 10.1. The molecule has 0 radical (unpaired) electrons. The summed E-state index contributed by atoms with van der Waals surface area (Å²) in [5.41, 5.74) is 13.5. The number of aromatic nitrogens is 3. The summed E-state index contributed by atoms with van der Waals surface area (Å²) in [5.74, 6) is -0.420. The third-order valence-corrected chi connectivity index (χ3v) is 7.17. The highest BCUT2D eigenvalue weighted by Gasteiger charge is 2.29. The molecule has 12 heteroatoms. The smallest absolute Gasteiger partial charge is 0.317 e. The summed E-state index contributed by atoms with van der Waals surface area (Å²) in [4.78, 5) is 36.2. The van der Waals surface area contributed by atoms with Crippen LogP contribution in [-0.2, 0) is 6.61 Å². The van der Waals surface area contributed by atoms with E-state index < -0.39 is 5.91 Å². The van der Waals surface area contributed by atoms with Gasteiger partial charge in [-0.05, 0) is 57.2 Å². The Kier molecular flexibility index (Phi) is 10.6. The molecule has 1 aliphatic carbocycles. The molecule has 0 aromatic carbocycles. The van der Waals surface area contributed by atoms with E-state index in [1.165, 1.54) is 6.20 Å². The van der Waals surface area contributed by atoms with Crippen molar-refractivity contribution in [3.63, 3.8) is 0 Å². The van der Waals surface area contributed by atoms with Crippen LogP contribution in [0.5, 0.6) is 0 Å². The van der Waals surface area contributed by atoms with Crippen LogP contribution in [0.15, 0.2) is 35.6 Å². The lowest BCUT2D eigenvalue weighted by molar-refractivity contribution is 0.102. The largest absolute Gasteiger partial charge is 0.404 e. The van der Waals surface area contributed by atoms with Crippen LogP contribution in [0, 0.1) is 0 Å². The molecule has 216 valence electrons. The number of nitrogens with two attached hydrogens (primary N) is 2. The van der Waals surface area contributed by atoms with Gasteiger partial charge in [0.25, 0.3) is 5.91 Å². The van der Waals surface area contributed by atoms with Crippen LogP contribution in [-0.4, -0.2) is 75.1 Å². The first-order valence-electron chi connectivity index (χ1n) is 14.2. The van der Waals surface area contributed by atoms with E-state index in [1.807, 2.05) is 4.90 Å². The van der Waals surface area contributed by atoms with E-state index in [1.54, 1.807) is 35.3 Å². The Morgan fingerprint density at radius 1 is 1.10 bits per heavy atom. The molecular weight excluding hydrogens is 510 g/mol. The molecule has 0 unspecified atom stereocenters. The summed E-state index contributed by atoms with van der Waals surface area (Å²) in [7, 11) is 0. The number of aliphatic imine (C=N–C) groups is 1. The van der Waals surface area contributed by atoms with Crippen LogP contribution in [0.2, 0.25) is 0 Å². The zero-order valence-corrected chi connectivity index (χ0v) is 23.0. The second-order valence-corrected chi connectivity index (χ2v) is 10.3. The number of urea groups is 1. The van der Waals surface area contributed by atoms with Crippen molar-refractivity contribution in [3.8, 4) is 0 Å². The van der Waals surface area contributed by atoms with E-state index in [9.17, 15) is 14.7 Å². The van der Waals surface area contributed by atoms with E-state index in [4.69, 9.17) is 11.5 Å². The number of likely N-dealkylation sites (tertiary alicyclic amines) is 1. The van der Waals surface area contributed by atoms with Crippen molar-refractivity contribution in [3.05, 3.63) is 47.7 Å². The molecule has 3 amide bonds. The van der Waals surface area contributed by atoms with Gasteiger partial charge in [-0.2, -0.15) is 5.10 Å². The molecule has 7 N–H and O–H groups in total. The van der Waals surface area contributed by atoms with Crippen molar-refractivity contribution in [1.29, 1.82) is 0 Å². The minimum absolute atomic E-state index is 0.00243. The Morgan fingerprint density at radius 3 is 2.55 bits per heavy atom. The maximum Gasteiger partial charge on any atom is 0.317 e. The van der Waals surface area contributed by atoms with Crippen molar-refractivity contribution in [2.45, 2.75) is 70.1 Å². The van der Waals surface area contributed by atoms with Gasteiger partial charge in [0.15, 0.2) is 0 Å². The van der Waals surface area contributed by atoms with Crippen molar-refractivity contribution in [2.24, 2.45) is 16.5 Å².